The molecule has 2 saturated carbocycles. The van der Waals surface area contributed by atoms with Crippen molar-refractivity contribution in [3.8, 4) is 0 Å². The van der Waals surface area contributed by atoms with Crippen LogP contribution in [0.3, 0.4) is 0 Å². The summed E-state index contributed by atoms with van der Waals surface area (Å²) >= 11 is 3.34. The van der Waals surface area contributed by atoms with Gasteiger partial charge in [0.1, 0.15) is 5.82 Å². The molecule has 0 aliphatic heterocycles. The first-order chi connectivity index (χ1) is 9.36. The first-order valence-electron chi connectivity index (χ1n) is 6.99. The number of carbonyl (C=O) groups excluding carboxylic acids is 1. The number of nitrogens with zero attached hydrogens (tertiary/aromatic N) is 1. The fourth-order valence-corrected chi connectivity index (χ4v) is 4.06. The Balaban J connectivity index is 1.84. The lowest BCUT2D eigenvalue weighted by molar-refractivity contribution is -0.123. The predicted octanol–water partition coefficient (Wildman–Crippen LogP) is 4.17. The van der Waals surface area contributed by atoms with Crippen molar-refractivity contribution in [1.29, 1.82) is 0 Å². The highest BCUT2D eigenvalue weighted by molar-refractivity contribution is 9.10. The van der Waals surface area contributed by atoms with Gasteiger partial charge in [-0.15, -0.1) is 0 Å². The van der Waals surface area contributed by atoms with E-state index in [1.165, 1.54) is 0 Å². The van der Waals surface area contributed by atoms with E-state index in [0.29, 0.717) is 11.7 Å². The van der Waals surface area contributed by atoms with Crippen LogP contribution in [0.2, 0.25) is 0 Å². The van der Waals surface area contributed by atoms with E-state index in [2.05, 4.69) is 46.7 Å². The van der Waals surface area contributed by atoms with E-state index < -0.39 is 0 Å². The third-order valence-corrected chi connectivity index (χ3v) is 5.76. The van der Waals surface area contributed by atoms with Crippen molar-refractivity contribution in [3.63, 3.8) is 0 Å². The number of amides is 1. The Kier molecular flexibility index (Phi) is 3.05. The number of aromatic nitrogens is 1. The van der Waals surface area contributed by atoms with E-state index in [9.17, 15) is 4.79 Å². The molecule has 20 heavy (non-hydrogen) atoms. The normalized spacial score (nSPS) is 30.6. The summed E-state index contributed by atoms with van der Waals surface area (Å²) in [5.74, 6) is 1.25. The minimum Gasteiger partial charge on any atom is -0.310 e. The first kappa shape index (κ1) is 13.8. The monoisotopic (exact) mass is 334 g/mol. The Morgan fingerprint density at radius 1 is 1.50 bits per heavy atom. The summed E-state index contributed by atoms with van der Waals surface area (Å²) in [5.41, 5.74) is 0.780. The van der Waals surface area contributed by atoms with Crippen LogP contribution >= 0.6 is 15.9 Å². The van der Waals surface area contributed by atoms with Crippen LogP contribution in [0, 0.1) is 16.7 Å². The van der Waals surface area contributed by atoms with Crippen LogP contribution in [0.1, 0.15) is 33.1 Å². The van der Waals surface area contributed by atoms with E-state index in [-0.39, 0.29) is 16.7 Å². The van der Waals surface area contributed by atoms with Crippen molar-refractivity contribution in [3.05, 3.63) is 35.0 Å². The highest BCUT2D eigenvalue weighted by Crippen LogP contribution is 2.65. The number of fused-ring (bicyclic) bond motifs is 2. The number of carbonyl (C=O) groups is 1. The van der Waals surface area contributed by atoms with Crippen molar-refractivity contribution >= 4 is 27.7 Å². The maximum atomic E-state index is 12.8. The van der Waals surface area contributed by atoms with E-state index in [1.807, 2.05) is 12.1 Å². The van der Waals surface area contributed by atoms with Crippen molar-refractivity contribution in [2.45, 2.75) is 33.1 Å². The molecule has 2 aliphatic carbocycles. The minimum atomic E-state index is -0.386. The van der Waals surface area contributed by atoms with Gasteiger partial charge < -0.3 is 5.32 Å². The van der Waals surface area contributed by atoms with Crippen LogP contribution in [-0.4, -0.2) is 10.9 Å². The number of rotatable bonds is 2. The molecule has 1 N–H and O–H groups in total. The largest absolute Gasteiger partial charge is 0.310 e. The van der Waals surface area contributed by atoms with Gasteiger partial charge in [0.05, 0.1) is 5.41 Å². The van der Waals surface area contributed by atoms with Gasteiger partial charge in [-0.25, -0.2) is 4.98 Å². The molecule has 1 amide bonds. The van der Waals surface area contributed by atoms with E-state index in [1.54, 1.807) is 6.20 Å². The molecule has 0 radical (unpaired) electrons. The number of hydrogen-bond acceptors (Lipinski definition) is 2. The molecule has 2 unspecified atom stereocenters. The molecule has 106 valence electrons. The van der Waals surface area contributed by atoms with Crippen LogP contribution in [0.5, 0.6) is 0 Å². The summed E-state index contributed by atoms with van der Waals surface area (Å²) in [4.78, 5) is 17.0. The number of hydrogen-bond donors (Lipinski definition) is 1. The highest BCUT2D eigenvalue weighted by Gasteiger charge is 2.60. The Morgan fingerprint density at radius 3 is 2.80 bits per heavy atom. The van der Waals surface area contributed by atoms with Crippen LogP contribution < -0.4 is 5.32 Å². The van der Waals surface area contributed by atoms with Crippen molar-refractivity contribution in [2.24, 2.45) is 16.7 Å². The van der Waals surface area contributed by atoms with E-state index >= 15 is 0 Å². The van der Waals surface area contributed by atoms with Crippen LogP contribution in [0.25, 0.3) is 0 Å². The Labute approximate surface area is 128 Å². The molecule has 2 atom stereocenters. The third kappa shape index (κ3) is 1.85. The lowest BCUT2D eigenvalue weighted by atomic mass is 9.68. The molecule has 1 aromatic heterocycles. The SMILES string of the molecule is C=C1C2(C(=O)Nc3ccc(Br)cn3)CCC(C2)C1(C)C. The predicted molar refractivity (Wildman–Crippen MR) is 83.3 cm³/mol. The Hall–Kier alpha value is -1.16. The van der Waals surface area contributed by atoms with Crippen LogP contribution in [0.15, 0.2) is 35.0 Å². The Morgan fingerprint density at radius 2 is 2.25 bits per heavy atom. The second-order valence-electron chi connectivity index (χ2n) is 6.54. The number of halogens is 1. The quantitative estimate of drug-likeness (QED) is 0.825. The fraction of sp³-hybridized carbons (Fsp3) is 0.500. The Bertz CT molecular complexity index is 579. The molecule has 2 bridgehead atoms. The number of pyridine rings is 1. The van der Waals surface area contributed by atoms with Crippen molar-refractivity contribution in [1.82, 2.24) is 4.98 Å². The van der Waals surface area contributed by atoms with E-state index in [0.717, 1.165) is 29.3 Å². The summed E-state index contributed by atoms with van der Waals surface area (Å²) in [6, 6.07) is 3.69. The maximum absolute atomic E-state index is 12.8. The van der Waals surface area contributed by atoms with Gasteiger partial charge >= 0.3 is 0 Å². The molecule has 3 rings (SSSR count). The molecule has 1 aromatic rings. The smallest absolute Gasteiger partial charge is 0.235 e. The molecule has 0 spiro atoms. The second kappa shape index (κ2) is 4.42. The second-order valence-corrected chi connectivity index (χ2v) is 7.45. The molecular weight excluding hydrogens is 316 g/mol. The number of anilines is 1. The van der Waals surface area contributed by atoms with Gasteiger partial charge in [-0.3, -0.25) is 4.79 Å². The molecule has 3 nitrogen and oxygen atoms in total. The topological polar surface area (TPSA) is 42.0 Å². The minimum absolute atomic E-state index is 0.0606. The zero-order valence-corrected chi connectivity index (χ0v) is 13.5. The third-order valence-electron chi connectivity index (χ3n) is 5.29. The first-order valence-corrected chi connectivity index (χ1v) is 7.78. The molecule has 2 fully saturated rings. The summed E-state index contributed by atoms with van der Waals surface area (Å²) < 4.78 is 0.904. The average molecular weight is 335 g/mol. The molecule has 2 aliphatic rings. The van der Waals surface area contributed by atoms with Crippen LogP contribution in [0.4, 0.5) is 5.82 Å². The molecule has 0 saturated heterocycles. The summed E-state index contributed by atoms with van der Waals surface area (Å²) in [6.45, 7) is 8.68. The van der Waals surface area contributed by atoms with Gasteiger partial charge in [0, 0.05) is 10.7 Å². The molecular formula is C16H19BrN2O. The van der Waals surface area contributed by atoms with Gasteiger partial charge in [-0.2, -0.15) is 0 Å². The average Bonchev–Trinajstić information content (AvgIpc) is 2.93. The van der Waals surface area contributed by atoms with Gasteiger partial charge in [-0.05, 0) is 58.7 Å². The van der Waals surface area contributed by atoms with Crippen molar-refractivity contribution < 1.29 is 4.79 Å². The zero-order valence-electron chi connectivity index (χ0n) is 11.9. The summed E-state index contributed by atoms with van der Waals surface area (Å²) in [6.07, 6.45) is 4.66. The van der Waals surface area contributed by atoms with E-state index in [4.69, 9.17) is 0 Å². The summed E-state index contributed by atoms with van der Waals surface area (Å²) in [7, 11) is 0. The molecule has 1 heterocycles. The molecule has 0 aromatic carbocycles. The van der Waals surface area contributed by atoms with Gasteiger partial charge in [0.15, 0.2) is 0 Å². The van der Waals surface area contributed by atoms with Gasteiger partial charge in [-0.1, -0.05) is 26.0 Å². The summed E-state index contributed by atoms with van der Waals surface area (Å²) in [5, 5.41) is 2.97. The van der Waals surface area contributed by atoms with Gasteiger partial charge in [0.2, 0.25) is 5.91 Å². The zero-order chi connectivity index (χ0) is 14.5. The standard InChI is InChI=1S/C16H19BrN2O/c1-10-15(2,3)11-6-7-16(10,8-11)14(20)19-13-5-4-12(17)9-18-13/h4-5,9,11H,1,6-8H2,2-3H3,(H,18,19,20). The molecule has 4 heteroatoms. The fourth-order valence-electron chi connectivity index (χ4n) is 3.83. The van der Waals surface area contributed by atoms with Crippen molar-refractivity contribution in [2.75, 3.05) is 5.32 Å². The van der Waals surface area contributed by atoms with Crippen LogP contribution in [-0.2, 0) is 4.79 Å². The maximum Gasteiger partial charge on any atom is 0.235 e. The number of nitrogens with one attached hydrogen (secondary N) is 1. The lowest BCUT2D eigenvalue weighted by Crippen LogP contribution is -2.37. The highest BCUT2D eigenvalue weighted by atomic mass is 79.9. The van der Waals surface area contributed by atoms with Gasteiger partial charge in [0.25, 0.3) is 0 Å². The lowest BCUT2D eigenvalue weighted by Gasteiger charge is -2.37.